The minimum Gasteiger partial charge on any atom is -0.481 e. The van der Waals surface area contributed by atoms with Gasteiger partial charge in [0.25, 0.3) is 0 Å². The molecule has 4 nitrogen and oxygen atoms in total. The number of fused-ring (bicyclic) bond motifs is 1. The fraction of sp³-hybridized carbons (Fsp3) is 0.158. The number of carboxylic acid groups (broad SMARTS) is 1. The van der Waals surface area contributed by atoms with Crippen LogP contribution in [0.25, 0.3) is 10.9 Å². The molecule has 0 aliphatic heterocycles. The van der Waals surface area contributed by atoms with E-state index in [1.54, 1.807) is 0 Å². The number of ether oxygens (including phenoxy) is 1. The van der Waals surface area contributed by atoms with Crippen LogP contribution in [0.5, 0.6) is 5.88 Å². The Bertz CT molecular complexity index is 1020. The van der Waals surface area contributed by atoms with Crippen LogP contribution in [0.15, 0.2) is 42.5 Å². The molecule has 1 heterocycles. The molecule has 140 valence electrons. The van der Waals surface area contributed by atoms with E-state index in [-0.39, 0.29) is 22.9 Å². The van der Waals surface area contributed by atoms with Gasteiger partial charge in [-0.3, -0.25) is 0 Å². The second-order valence-electron chi connectivity index (χ2n) is 5.82. The molecule has 0 atom stereocenters. The molecule has 8 heteroatoms. The van der Waals surface area contributed by atoms with Gasteiger partial charge in [0.2, 0.25) is 5.88 Å². The summed E-state index contributed by atoms with van der Waals surface area (Å²) in [6.45, 7) is 0. The molecule has 0 aliphatic rings. The van der Waals surface area contributed by atoms with Gasteiger partial charge in [0, 0.05) is 17.4 Å². The van der Waals surface area contributed by atoms with Gasteiger partial charge in [-0.15, -0.1) is 0 Å². The summed E-state index contributed by atoms with van der Waals surface area (Å²) in [7, 11) is 1.41. The Hall–Kier alpha value is -2.80. The van der Waals surface area contributed by atoms with Gasteiger partial charge in [0.15, 0.2) is 0 Å². The molecular weight excluding hydrogens is 383 g/mol. The number of aromatic nitrogens is 1. The third kappa shape index (κ3) is 3.83. The lowest BCUT2D eigenvalue weighted by Crippen LogP contribution is -2.05. The van der Waals surface area contributed by atoms with Crippen molar-refractivity contribution >= 4 is 28.5 Å². The zero-order valence-corrected chi connectivity index (χ0v) is 14.7. The first-order valence-electron chi connectivity index (χ1n) is 7.76. The summed E-state index contributed by atoms with van der Waals surface area (Å²) in [5.41, 5.74) is 0.814. The maximum absolute atomic E-state index is 12.7. The summed E-state index contributed by atoms with van der Waals surface area (Å²) < 4.78 is 43.4. The van der Waals surface area contributed by atoms with E-state index in [4.69, 9.17) is 21.4 Å². The number of aromatic carboxylic acids is 1. The van der Waals surface area contributed by atoms with Crippen molar-refractivity contribution in [3.05, 3.63) is 69.7 Å². The highest BCUT2D eigenvalue weighted by Crippen LogP contribution is 2.35. The largest absolute Gasteiger partial charge is 0.481 e. The standard InChI is InChI=1S/C19H13ClF3NO3/c1-27-17-14(8-10-2-5-12(6-3-10)19(21,22)23)16(20)13-9-11(18(25)26)4-7-15(13)24-17/h2-7,9H,8H2,1H3,(H,25,26). The minimum absolute atomic E-state index is 0.0526. The van der Waals surface area contributed by atoms with E-state index in [0.29, 0.717) is 22.0 Å². The maximum Gasteiger partial charge on any atom is 0.416 e. The number of hydrogen-bond acceptors (Lipinski definition) is 3. The third-order valence-corrected chi connectivity index (χ3v) is 4.51. The van der Waals surface area contributed by atoms with Gasteiger partial charge in [0.05, 0.1) is 28.8 Å². The predicted octanol–water partition coefficient (Wildman–Crippen LogP) is 5.20. The summed E-state index contributed by atoms with van der Waals surface area (Å²) in [5.74, 6) is -0.872. The normalized spacial score (nSPS) is 11.6. The Morgan fingerprint density at radius 1 is 1.19 bits per heavy atom. The average Bonchev–Trinajstić information content (AvgIpc) is 2.63. The fourth-order valence-corrected chi connectivity index (χ4v) is 3.01. The minimum atomic E-state index is -4.41. The van der Waals surface area contributed by atoms with Crippen LogP contribution in [0.2, 0.25) is 5.02 Å². The highest BCUT2D eigenvalue weighted by Gasteiger charge is 2.30. The van der Waals surface area contributed by atoms with Crippen molar-refractivity contribution in [1.29, 1.82) is 0 Å². The molecule has 1 N–H and O–H groups in total. The second-order valence-corrected chi connectivity index (χ2v) is 6.20. The van der Waals surface area contributed by atoms with Crippen LogP contribution in [0, 0.1) is 0 Å². The lowest BCUT2D eigenvalue weighted by molar-refractivity contribution is -0.137. The van der Waals surface area contributed by atoms with Crippen molar-refractivity contribution < 1.29 is 27.8 Å². The molecule has 3 rings (SSSR count). The SMILES string of the molecule is COc1nc2ccc(C(=O)O)cc2c(Cl)c1Cc1ccc(C(F)(F)F)cc1. The molecule has 0 bridgehead atoms. The Morgan fingerprint density at radius 2 is 1.85 bits per heavy atom. The summed E-state index contributed by atoms with van der Waals surface area (Å²) in [6.07, 6.45) is -4.23. The van der Waals surface area contributed by atoms with Gasteiger partial charge >= 0.3 is 12.1 Å². The van der Waals surface area contributed by atoms with Crippen molar-refractivity contribution in [2.24, 2.45) is 0 Å². The molecule has 0 saturated carbocycles. The van der Waals surface area contributed by atoms with Crippen LogP contribution < -0.4 is 4.74 Å². The molecule has 0 fully saturated rings. The first-order chi connectivity index (χ1) is 12.7. The summed E-state index contributed by atoms with van der Waals surface area (Å²) >= 11 is 6.46. The average molecular weight is 396 g/mol. The fourth-order valence-electron chi connectivity index (χ4n) is 2.71. The number of halogens is 4. The smallest absolute Gasteiger partial charge is 0.416 e. The zero-order chi connectivity index (χ0) is 19.8. The van der Waals surface area contributed by atoms with Crippen molar-refractivity contribution in [1.82, 2.24) is 4.98 Å². The van der Waals surface area contributed by atoms with E-state index >= 15 is 0 Å². The highest BCUT2D eigenvalue weighted by molar-refractivity contribution is 6.36. The summed E-state index contributed by atoms with van der Waals surface area (Å²) in [5, 5.41) is 9.83. The maximum atomic E-state index is 12.7. The van der Waals surface area contributed by atoms with E-state index < -0.39 is 17.7 Å². The molecule has 0 unspecified atom stereocenters. The number of rotatable bonds is 4. The van der Waals surface area contributed by atoms with E-state index in [9.17, 15) is 18.0 Å². The van der Waals surface area contributed by atoms with Crippen LogP contribution in [0.1, 0.15) is 27.0 Å². The number of nitrogens with zero attached hydrogens (tertiary/aromatic N) is 1. The molecule has 1 aromatic heterocycles. The molecule has 3 aromatic rings. The Labute approximate surface area is 157 Å². The van der Waals surface area contributed by atoms with Crippen molar-refractivity contribution in [2.45, 2.75) is 12.6 Å². The molecule has 2 aromatic carbocycles. The molecule has 0 radical (unpaired) electrons. The topological polar surface area (TPSA) is 59.4 Å². The number of carbonyl (C=O) groups is 1. The van der Waals surface area contributed by atoms with E-state index in [1.165, 1.54) is 37.4 Å². The molecule has 0 spiro atoms. The van der Waals surface area contributed by atoms with Gasteiger partial charge in [-0.1, -0.05) is 23.7 Å². The molecular formula is C19H13ClF3NO3. The number of benzene rings is 2. The van der Waals surface area contributed by atoms with Gasteiger partial charge in [-0.05, 0) is 35.9 Å². The number of carboxylic acids is 1. The van der Waals surface area contributed by atoms with Crippen LogP contribution in [0.3, 0.4) is 0 Å². The van der Waals surface area contributed by atoms with E-state index in [2.05, 4.69) is 4.98 Å². The second kappa shape index (κ2) is 7.08. The van der Waals surface area contributed by atoms with E-state index in [0.717, 1.165) is 12.1 Å². The van der Waals surface area contributed by atoms with Crippen LogP contribution in [-0.4, -0.2) is 23.2 Å². The Kier molecular flexibility index (Phi) is 4.97. The van der Waals surface area contributed by atoms with Gasteiger partial charge in [-0.25, -0.2) is 9.78 Å². The highest BCUT2D eigenvalue weighted by atomic mass is 35.5. The monoisotopic (exact) mass is 395 g/mol. The first-order valence-corrected chi connectivity index (χ1v) is 8.14. The lowest BCUT2D eigenvalue weighted by atomic mass is 10.0. The van der Waals surface area contributed by atoms with Crippen LogP contribution in [-0.2, 0) is 12.6 Å². The summed E-state index contributed by atoms with van der Waals surface area (Å²) in [4.78, 5) is 15.5. The van der Waals surface area contributed by atoms with Crippen LogP contribution in [0.4, 0.5) is 13.2 Å². The molecule has 0 saturated heterocycles. The van der Waals surface area contributed by atoms with Gasteiger partial charge in [0.1, 0.15) is 0 Å². The number of alkyl halides is 3. The third-order valence-electron chi connectivity index (χ3n) is 4.08. The molecule has 0 amide bonds. The Morgan fingerprint density at radius 3 is 2.41 bits per heavy atom. The zero-order valence-electron chi connectivity index (χ0n) is 14.0. The van der Waals surface area contributed by atoms with Crippen molar-refractivity contribution in [3.8, 4) is 5.88 Å². The van der Waals surface area contributed by atoms with Gasteiger partial charge in [-0.2, -0.15) is 13.2 Å². The van der Waals surface area contributed by atoms with E-state index in [1.807, 2.05) is 0 Å². The molecule has 27 heavy (non-hydrogen) atoms. The number of methoxy groups -OCH3 is 1. The quantitative estimate of drug-likeness (QED) is 0.659. The van der Waals surface area contributed by atoms with Crippen molar-refractivity contribution in [2.75, 3.05) is 7.11 Å². The molecule has 0 aliphatic carbocycles. The number of hydrogen-bond donors (Lipinski definition) is 1. The van der Waals surface area contributed by atoms with Gasteiger partial charge < -0.3 is 9.84 Å². The first kappa shape index (κ1) is 19.0. The lowest BCUT2D eigenvalue weighted by Gasteiger charge is -2.13. The predicted molar refractivity (Wildman–Crippen MR) is 94.5 cm³/mol. The number of pyridine rings is 1. The van der Waals surface area contributed by atoms with Crippen LogP contribution >= 0.6 is 11.6 Å². The van der Waals surface area contributed by atoms with Crippen molar-refractivity contribution in [3.63, 3.8) is 0 Å². The Balaban J connectivity index is 2.07. The summed E-state index contributed by atoms with van der Waals surface area (Å²) in [6, 6.07) is 9.03.